The zero-order valence-corrected chi connectivity index (χ0v) is 53.3. The Hall–Kier alpha value is -1.02. The Morgan fingerprint density at radius 3 is 1.05 bits per heavy atom. The second-order valence-corrected chi connectivity index (χ2v) is 26.3. The van der Waals surface area contributed by atoms with Crippen molar-refractivity contribution in [3.63, 3.8) is 0 Å². The summed E-state index contributed by atoms with van der Waals surface area (Å²) in [5, 5.41) is 13.9. The van der Waals surface area contributed by atoms with Crippen molar-refractivity contribution < 1.29 is 32.9 Å². The number of hydrogen-bond donors (Lipinski definition) is 2. The molecule has 0 saturated carbocycles. The van der Waals surface area contributed by atoms with E-state index in [1.165, 1.54) is 295 Å². The van der Waals surface area contributed by atoms with Gasteiger partial charge in [0.1, 0.15) is 13.2 Å². The van der Waals surface area contributed by atoms with E-state index in [4.69, 9.17) is 9.05 Å². The summed E-state index contributed by atoms with van der Waals surface area (Å²) in [4.78, 5) is 25.6. The molecule has 0 aromatic heterocycles. The number of nitrogens with zero attached hydrogens (tertiary/aromatic N) is 1. The Kier molecular flexibility index (Phi) is 58.8. The third-order valence-corrected chi connectivity index (χ3v) is 16.9. The molecule has 0 bridgehead atoms. The summed E-state index contributed by atoms with van der Waals surface area (Å²) in [6.07, 6.45) is 77.4. The Bertz CT molecular complexity index is 1300. The quantitative estimate of drug-likeness (QED) is 0.0272. The summed E-state index contributed by atoms with van der Waals surface area (Å²) >= 11 is 0. The number of rotatable bonds is 64. The molecule has 2 N–H and O–H groups in total. The molecular formula is C68H135N2O6P. The highest BCUT2D eigenvalue weighted by Crippen LogP contribution is 2.38. The Morgan fingerprint density at radius 1 is 0.442 bits per heavy atom. The van der Waals surface area contributed by atoms with Gasteiger partial charge in [0.15, 0.2) is 0 Å². The number of amides is 1. The number of carbonyl (C=O) groups is 1. The molecule has 1 amide bonds. The normalized spacial score (nSPS) is 13.8. The van der Waals surface area contributed by atoms with Crippen LogP contribution in [-0.2, 0) is 18.4 Å². The van der Waals surface area contributed by atoms with Crippen LogP contribution in [0.15, 0.2) is 24.3 Å². The third kappa shape index (κ3) is 62.4. The van der Waals surface area contributed by atoms with Crippen LogP contribution in [0.3, 0.4) is 0 Å². The second-order valence-electron chi connectivity index (χ2n) is 24.9. The summed E-state index contributed by atoms with van der Waals surface area (Å²) in [7, 11) is 1.26. The van der Waals surface area contributed by atoms with E-state index in [0.29, 0.717) is 17.4 Å². The van der Waals surface area contributed by atoms with Crippen LogP contribution in [0.25, 0.3) is 0 Å². The number of quaternary nitrogens is 1. The van der Waals surface area contributed by atoms with Crippen molar-refractivity contribution >= 4 is 13.7 Å². The Labute approximate surface area is 481 Å². The van der Waals surface area contributed by atoms with E-state index in [0.717, 1.165) is 38.5 Å². The van der Waals surface area contributed by atoms with Crippen molar-refractivity contribution in [3.8, 4) is 0 Å². The van der Waals surface area contributed by atoms with Gasteiger partial charge >= 0.3 is 0 Å². The minimum absolute atomic E-state index is 0.00357. The fraction of sp³-hybridized carbons (Fsp3) is 0.926. The van der Waals surface area contributed by atoms with E-state index < -0.39 is 20.0 Å². The first-order chi connectivity index (χ1) is 37.5. The number of phosphoric ester groups is 1. The van der Waals surface area contributed by atoms with E-state index in [1.54, 1.807) is 6.08 Å². The van der Waals surface area contributed by atoms with Crippen LogP contribution in [0.2, 0.25) is 0 Å². The molecule has 0 radical (unpaired) electrons. The maximum Gasteiger partial charge on any atom is 0.268 e. The van der Waals surface area contributed by atoms with Crippen LogP contribution < -0.4 is 10.2 Å². The highest BCUT2D eigenvalue weighted by molar-refractivity contribution is 7.45. The number of aliphatic hydroxyl groups is 1. The molecule has 9 heteroatoms. The zero-order chi connectivity index (χ0) is 56.3. The number of nitrogens with one attached hydrogen (secondary N) is 1. The van der Waals surface area contributed by atoms with Gasteiger partial charge in [0.05, 0.1) is 39.9 Å². The molecule has 0 aromatic rings. The van der Waals surface area contributed by atoms with Crippen molar-refractivity contribution in [2.75, 3.05) is 40.9 Å². The summed E-state index contributed by atoms with van der Waals surface area (Å²) in [5.41, 5.74) is 0. The summed E-state index contributed by atoms with van der Waals surface area (Å²) in [5.74, 6) is -0.199. The minimum atomic E-state index is -4.61. The molecule has 0 aliphatic heterocycles. The second kappa shape index (κ2) is 59.6. The highest BCUT2D eigenvalue weighted by Gasteiger charge is 2.23. The van der Waals surface area contributed by atoms with E-state index in [-0.39, 0.29) is 19.1 Å². The van der Waals surface area contributed by atoms with Gasteiger partial charge in [-0.05, 0) is 32.1 Å². The van der Waals surface area contributed by atoms with E-state index in [9.17, 15) is 19.4 Å². The van der Waals surface area contributed by atoms with Gasteiger partial charge in [0, 0.05) is 6.42 Å². The van der Waals surface area contributed by atoms with Crippen LogP contribution in [0, 0.1) is 0 Å². The summed E-state index contributed by atoms with van der Waals surface area (Å²) < 4.78 is 23.4. The van der Waals surface area contributed by atoms with Gasteiger partial charge in [0.25, 0.3) is 7.82 Å². The predicted octanol–water partition coefficient (Wildman–Crippen LogP) is 20.9. The van der Waals surface area contributed by atoms with Gasteiger partial charge in [0.2, 0.25) is 5.91 Å². The number of aliphatic hydroxyl groups excluding tert-OH is 1. The number of carbonyl (C=O) groups excluding carboxylic acids is 1. The molecule has 8 nitrogen and oxygen atoms in total. The van der Waals surface area contributed by atoms with Gasteiger partial charge in [-0.15, -0.1) is 0 Å². The SMILES string of the molecule is CCCCCCCCCCCCCCC/C=C/CC/C=C/C(O)C(COP(=O)([O-])OCC[N+](C)(C)C)NC(=O)CCCCCCCCCCCCCCCCCCCCCCCCCCCCCCCCCCCCCC. The molecule has 0 aromatic carbocycles. The first-order valence-electron chi connectivity index (χ1n) is 34.2. The third-order valence-electron chi connectivity index (χ3n) is 15.9. The summed E-state index contributed by atoms with van der Waals surface area (Å²) in [6, 6.07) is -0.901. The molecule has 0 fully saturated rings. The fourth-order valence-corrected chi connectivity index (χ4v) is 11.3. The lowest BCUT2D eigenvalue weighted by Gasteiger charge is -2.29. The first kappa shape index (κ1) is 76.0. The molecule has 0 spiro atoms. The lowest BCUT2D eigenvalue weighted by atomic mass is 10.0. The molecule has 3 unspecified atom stereocenters. The van der Waals surface area contributed by atoms with Crippen LogP contribution in [0.1, 0.15) is 354 Å². The molecule has 0 saturated heterocycles. The largest absolute Gasteiger partial charge is 0.756 e. The maximum atomic E-state index is 13.0. The van der Waals surface area contributed by atoms with Crippen LogP contribution in [-0.4, -0.2) is 68.5 Å². The molecule has 3 atom stereocenters. The average Bonchev–Trinajstić information content (AvgIpc) is 3.39. The lowest BCUT2D eigenvalue weighted by molar-refractivity contribution is -0.870. The van der Waals surface area contributed by atoms with Crippen molar-refractivity contribution in [1.29, 1.82) is 0 Å². The van der Waals surface area contributed by atoms with Gasteiger partial charge < -0.3 is 28.8 Å². The number of allylic oxidation sites excluding steroid dienone is 3. The number of hydrogen-bond acceptors (Lipinski definition) is 6. The minimum Gasteiger partial charge on any atom is -0.756 e. The molecule has 0 heterocycles. The predicted molar refractivity (Wildman–Crippen MR) is 335 cm³/mol. The number of likely N-dealkylation sites (N-methyl/N-ethyl adjacent to an activating group) is 1. The topological polar surface area (TPSA) is 108 Å². The van der Waals surface area contributed by atoms with E-state index in [2.05, 4.69) is 31.3 Å². The van der Waals surface area contributed by atoms with Crippen molar-refractivity contribution in [3.05, 3.63) is 24.3 Å². The van der Waals surface area contributed by atoms with Gasteiger partial charge in [-0.1, -0.05) is 340 Å². The van der Waals surface area contributed by atoms with Crippen LogP contribution >= 0.6 is 7.82 Å². The molecule has 0 aliphatic carbocycles. The smallest absolute Gasteiger partial charge is 0.268 e. The maximum absolute atomic E-state index is 13.0. The van der Waals surface area contributed by atoms with Crippen molar-refractivity contribution in [2.24, 2.45) is 0 Å². The van der Waals surface area contributed by atoms with Crippen molar-refractivity contribution in [2.45, 2.75) is 366 Å². The highest BCUT2D eigenvalue weighted by atomic mass is 31.2. The lowest BCUT2D eigenvalue weighted by Crippen LogP contribution is -2.45. The standard InChI is InChI=1S/C68H135N2O6P/c1-6-8-10-12-14-16-18-20-22-24-26-27-28-29-30-31-32-33-34-35-36-37-38-39-40-41-42-44-46-48-50-52-54-56-58-60-62-68(72)69-66(65-76-77(73,74)75-64-63-70(3,4)5)67(71)61-59-57-55-53-51-49-47-45-43-25-23-21-19-17-15-13-11-9-7-2/h51,53,59,61,66-67,71H,6-50,52,54-58,60,62-65H2,1-5H3,(H-,69,72,73,74)/b53-51+,61-59+. The molecule has 458 valence electrons. The van der Waals surface area contributed by atoms with Gasteiger partial charge in [-0.2, -0.15) is 0 Å². The van der Waals surface area contributed by atoms with E-state index >= 15 is 0 Å². The zero-order valence-electron chi connectivity index (χ0n) is 52.4. The van der Waals surface area contributed by atoms with E-state index in [1.807, 2.05) is 27.2 Å². The van der Waals surface area contributed by atoms with Crippen molar-refractivity contribution in [1.82, 2.24) is 5.32 Å². The van der Waals surface area contributed by atoms with Crippen LogP contribution in [0.5, 0.6) is 0 Å². The molecule has 0 aliphatic rings. The fourth-order valence-electron chi connectivity index (χ4n) is 10.6. The first-order valence-corrected chi connectivity index (χ1v) is 35.7. The van der Waals surface area contributed by atoms with Gasteiger partial charge in [-0.25, -0.2) is 0 Å². The number of unbranched alkanes of at least 4 members (excludes halogenated alkanes) is 49. The number of phosphoric acid groups is 1. The molecule has 0 rings (SSSR count). The van der Waals surface area contributed by atoms with Gasteiger partial charge in [-0.3, -0.25) is 9.36 Å². The summed E-state index contributed by atoms with van der Waals surface area (Å²) in [6.45, 7) is 4.68. The average molecular weight is 1110 g/mol. The monoisotopic (exact) mass is 1110 g/mol. The molecule has 77 heavy (non-hydrogen) atoms. The van der Waals surface area contributed by atoms with Crippen LogP contribution in [0.4, 0.5) is 0 Å². The Morgan fingerprint density at radius 2 is 0.727 bits per heavy atom. The molecular weight excluding hydrogens is 972 g/mol. The Balaban J connectivity index is 3.97.